The van der Waals surface area contributed by atoms with E-state index in [1.54, 1.807) is 7.11 Å². The Balaban J connectivity index is 0. The Hall–Kier alpha value is -0.320. The van der Waals surface area contributed by atoms with E-state index >= 15 is 0 Å². The molecular weight excluding hydrogens is 240 g/mol. The molecule has 0 saturated heterocycles. The third kappa shape index (κ3) is 11.9. The van der Waals surface area contributed by atoms with E-state index in [4.69, 9.17) is 10.5 Å². The number of carbonyl (C=O) groups excluding carboxylic acids is 1. The van der Waals surface area contributed by atoms with Gasteiger partial charge in [0, 0.05) is 32.7 Å². The van der Waals surface area contributed by atoms with Gasteiger partial charge >= 0.3 is 0 Å². The number of amides is 1. The van der Waals surface area contributed by atoms with Gasteiger partial charge in [0.15, 0.2) is 0 Å². The lowest BCUT2D eigenvalue weighted by Crippen LogP contribution is -2.40. The average molecular weight is 267 g/mol. The Bertz CT molecular complexity index is 180. The van der Waals surface area contributed by atoms with Crippen molar-refractivity contribution in [1.29, 1.82) is 0 Å². The van der Waals surface area contributed by atoms with Crippen molar-refractivity contribution >= 4 is 18.3 Å². The van der Waals surface area contributed by atoms with Gasteiger partial charge in [0.2, 0.25) is 5.91 Å². The quantitative estimate of drug-likeness (QED) is 0.593. The number of nitrogens with two attached hydrogens (primary N) is 1. The van der Waals surface area contributed by atoms with Crippen molar-refractivity contribution < 1.29 is 9.53 Å². The Morgan fingerprint density at radius 1 is 1.35 bits per heavy atom. The highest BCUT2D eigenvalue weighted by molar-refractivity contribution is 5.85. The maximum absolute atomic E-state index is 11.5. The molecule has 0 fully saturated rings. The molecule has 1 amide bonds. The lowest BCUT2D eigenvalue weighted by atomic mass is 10.1. The SMILES string of the molecule is CCCCC(CN)NC(=O)CCCCOC.Cl. The van der Waals surface area contributed by atoms with Crippen LogP contribution < -0.4 is 11.1 Å². The monoisotopic (exact) mass is 266 g/mol. The Labute approximate surface area is 111 Å². The molecule has 0 bridgehead atoms. The Morgan fingerprint density at radius 2 is 2.06 bits per heavy atom. The zero-order chi connectivity index (χ0) is 12.2. The smallest absolute Gasteiger partial charge is 0.220 e. The Kier molecular flexibility index (Phi) is 15.4. The normalized spacial score (nSPS) is 11.7. The van der Waals surface area contributed by atoms with Crippen LogP contribution in [-0.2, 0) is 9.53 Å². The molecule has 4 nitrogen and oxygen atoms in total. The molecule has 5 heteroatoms. The number of hydrogen-bond donors (Lipinski definition) is 2. The molecular formula is C12H27ClN2O2. The summed E-state index contributed by atoms with van der Waals surface area (Å²) in [6, 6.07) is 0.148. The first-order chi connectivity index (χ1) is 7.74. The summed E-state index contributed by atoms with van der Waals surface area (Å²) in [5, 5.41) is 2.97. The van der Waals surface area contributed by atoms with Crippen molar-refractivity contribution in [3.05, 3.63) is 0 Å². The van der Waals surface area contributed by atoms with Gasteiger partial charge in [-0.15, -0.1) is 12.4 Å². The number of carbonyl (C=O) groups is 1. The second-order valence-corrected chi connectivity index (χ2v) is 4.09. The summed E-state index contributed by atoms with van der Waals surface area (Å²) in [6.45, 7) is 3.40. The van der Waals surface area contributed by atoms with Crippen LogP contribution in [-0.4, -0.2) is 32.2 Å². The zero-order valence-electron chi connectivity index (χ0n) is 11.0. The van der Waals surface area contributed by atoms with Crippen LogP contribution in [0.5, 0.6) is 0 Å². The maximum Gasteiger partial charge on any atom is 0.220 e. The predicted molar refractivity (Wildman–Crippen MR) is 73.5 cm³/mol. The first-order valence-corrected chi connectivity index (χ1v) is 6.23. The second-order valence-electron chi connectivity index (χ2n) is 4.09. The number of nitrogens with one attached hydrogen (secondary N) is 1. The molecule has 0 saturated carbocycles. The molecule has 1 unspecified atom stereocenters. The molecule has 0 rings (SSSR count). The van der Waals surface area contributed by atoms with E-state index in [-0.39, 0.29) is 24.4 Å². The largest absolute Gasteiger partial charge is 0.385 e. The van der Waals surface area contributed by atoms with E-state index < -0.39 is 0 Å². The summed E-state index contributed by atoms with van der Waals surface area (Å²) in [5.74, 6) is 0.114. The highest BCUT2D eigenvalue weighted by atomic mass is 35.5. The van der Waals surface area contributed by atoms with Crippen molar-refractivity contribution in [2.24, 2.45) is 5.73 Å². The lowest BCUT2D eigenvalue weighted by Gasteiger charge is -2.16. The first-order valence-electron chi connectivity index (χ1n) is 6.23. The van der Waals surface area contributed by atoms with Crippen molar-refractivity contribution in [1.82, 2.24) is 5.32 Å². The molecule has 0 aromatic heterocycles. The standard InChI is InChI=1S/C12H26N2O2.ClH/c1-3-4-7-11(10-13)14-12(15)8-5-6-9-16-2;/h11H,3-10,13H2,1-2H3,(H,14,15);1H. The fraction of sp³-hybridized carbons (Fsp3) is 0.917. The summed E-state index contributed by atoms with van der Waals surface area (Å²) < 4.78 is 4.93. The minimum absolute atomic E-state index is 0. The van der Waals surface area contributed by atoms with E-state index in [1.807, 2.05) is 0 Å². The van der Waals surface area contributed by atoms with Crippen LogP contribution in [0.4, 0.5) is 0 Å². The van der Waals surface area contributed by atoms with Gasteiger partial charge in [-0.05, 0) is 19.3 Å². The van der Waals surface area contributed by atoms with Crippen molar-refractivity contribution in [3.8, 4) is 0 Å². The zero-order valence-corrected chi connectivity index (χ0v) is 11.9. The number of unbranched alkanes of at least 4 members (excludes halogenated alkanes) is 2. The van der Waals surface area contributed by atoms with E-state index in [9.17, 15) is 4.79 Å². The van der Waals surface area contributed by atoms with Gasteiger partial charge in [-0.3, -0.25) is 4.79 Å². The van der Waals surface area contributed by atoms with Crippen LogP contribution >= 0.6 is 12.4 Å². The van der Waals surface area contributed by atoms with Gasteiger partial charge in [0.1, 0.15) is 0 Å². The minimum Gasteiger partial charge on any atom is -0.385 e. The number of rotatable bonds is 10. The van der Waals surface area contributed by atoms with E-state index in [1.165, 1.54) is 0 Å². The second kappa shape index (κ2) is 13.7. The van der Waals surface area contributed by atoms with Crippen LogP contribution in [0.2, 0.25) is 0 Å². The molecule has 3 N–H and O–H groups in total. The lowest BCUT2D eigenvalue weighted by molar-refractivity contribution is -0.121. The molecule has 0 spiro atoms. The molecule has 1 atom stereocenters. The van der Waals surface area contributed by atoms with Gasteiger partial charge in [-0.1, -0.05) is 19.8 Å². The fourth-order valence-corrected chi connectivity index (χ4v) is 1.53. The van der Waals surface area contributed by atoms with Crippen molar-refractivity contribution in [2.45, 2.75) is 51.5 Å². The molecule has 0 aliphatic carbocycles. The van der Waals surface area contributed by atoms with Crippen LogP contribution in [0, 0.1) is 0 Å². The highest BCUT2D eigenvalue weighted by Crippen LogP contribution is 2.01. The molecule has 0 aromatic rings. The molecule has 104 valence electrons. The van der Waals surface area contributed by atoms with Crippen molar-refractivity contribution in [3.63, 3.8) is 0 Å². The van der Waals surface area contributed by atoms with Crippen molar-refractivity contribution in [2.75, 3.05) is 20.3 Å². The average Bonchev–Trinajstić information content (AvgIpc) is 2.30. The van der Waals surface area contributed by atoms with E-state index in [0.717, 1.165) is 38.7 Å². The third-order valence-electron chi connectivity index (χ3n) is 2.56. The van der Waals surface area contributed by atoms with E-state index in [0.29, 0.717) is 13.0 Å². The number of methoxy groups -OCH3 is 1. The minimum atomic E-state index is 0. The molecule has 0 heterocycles. The molecule has 0 aromatic carbocycles. The van der Waals surface area contributed by atoms with Gasteiger partial charge in [0.25, 0.3) is 0 Å². The molecule has 0 aliphatic heterocycles. The summed E-state index contributed by atoms with van der Waals surface area (Å²) in [7, 11) is 1.68. The maximum atomic E-state index is 11.5. The first kappa shape index (κ1) is 19.0. The summed E-state index contributed by atoms with van der Waals surface area (Å²) >= 11 is 0. The molecule has 0 radical (unpaired) electrons. The number of halogens is 1. The van der Waals surface area contributed by atoms with Gasteiger partial charge in [-0.25, -0.2) is 0 Å². The summed E-state index contributed by atoms with van der Waals surface area (Å²) in [5.41, 5.74) is 5.60. The number of hydrogen-bond acceptors (Lipinski definition) is 3. The molecule has 17 heavy (non-hydrogen) atoms. The van der Waals surface area contributed by atoms with Gasteiger partial charge < -0.3 is 15.8 Å². The highest BCUT2D eigenvalue weighted by Gasteiger charge is 2.09. The predicted octanol–water partition coefficient (Wildman–Crippen LogP) is 1.86. The van der Waals surface area contributed by atoms with Crippen LogP contribution in [0.3, 0.4) is 0 Å². The van der Waals surface area contributed by atoms with Crippen LogP contribution in [0.15, 0.2) is 0 Å². The topological polar surface area (TPSA) is 64.3 Å². The van der Waals surface area contributed by atoms with Crippen LogP contribution in [0.1, 0.15) is 45.4 Å². The van der Waals surface area contributed by atoms with Gasteiger partial charge in [-0.2, -0.15) is 0 Å². The summed E-state index contributed by atoms with van der Waals surface area (Å²) in [4.78, 5) is 11.5. The number of ether oxygens (including phenoxy) is 1. The van der Waals surface area contributed by atoms with Crippen LogP contribution in [0.25, 0.3) is 0 Å². The summed E-state index contributed by atoms with van der Waals surface area (Å²) in [6.07, 6.45) is 5.63. The Morgan fingerprint density at radius 3 is 2.59 bits per heavy atom. The fourth-order valence-electron chi connectivity index (χ4n) is 1.53. The third-order valence-corrected chi connectivity index (χ3v) is 2.56. The molecule has 0 aliphatic rings. The van der Waals surface area contributed by atoms with E-state index in [2.05, 4.69) is 12.2 Å². The van der Waals surface area contributed by atoms with Gasteiger partial charge in [0.05, 0.1) is 0 Å².